The van der Waals surface area contributed by atoms with E-state index < -0.39 is 23.8 Å². The van der Waals surface area contributed by atoms with Crippen molar-refractivity contribution in [3.8, 4) is 0 Å². The van der Waals surface area contributed by atoms with Crippen molar-refractivity contribution in [1.82, 2.24) is 15.7 Å². The normalized spacial score (nSPS) is 13.7. The van der Waals surface area contributed by atoms with Gasteiger partial charge in [-0.15, -0.1) is 5.06 Å². The Bertz CT molecular complexity index is 1060. The van der Waals surface area contributed by atoms with Crippen LogP contribution in [0.3, 0.4) is 0 Å². The smallest absolute Gasteiger partial charge is 0.355 e. The van der Waals surface area contributed by atoms with Crippen molar-refractivity contribution in [3.63, 3.8) is 0 Å². The molecule has 0 radical (unpaired) electrons. The highest BCUT2D eigenvalue weighted by atomic mass is 16.7. The maximum Gasteiger partial charge on any atom is 0.355 e. The molecule has 1 aliphatic rings. The molecule has 9 heteroatoms. The molecule has 1 unspecified atom stereocenters. The minimum Gasteiger partial charge on any atom is -0.356 e. The van der Waals surface area contributed by atoms with Crippen molar-refractivity contribution >= 4 is 29.6 Å². The second-order valence-corrected chi connectivity index (χ2v) is 15.6. The largest absolute Gasteiger partial charge is 0.356 e. The van der Waals surface area contributed by atoms with Gasteiger partial charge in [-0.25, -0.2) is 4.79 Å². The molecule has 2 N–H and O–H groups in total. The summed E-state index contributed by atoms with van der Waals surface area (Å²) in [6, 6.07) is -0.969. The molecular weight excluding hydrogens is 691 g/mol. The van der Waals surface area contributed by atoms with Crippen molar-refractivity contribution < 1.29 is 28.8 Å². The van der Waals surface area contributed by atoms with Gasteiger partial charge in [-0.05, 0) is 83.5 Å². The van der Waals surface area contributed by atoms with Crippen LogP contribution in [0, 0.1) is 0 Å². The Morgan fingerprint density at radius 1 is 0.545 bits per heavy atom. The molecule has 0 saturated carbocycles. The second-order valence-electron chi connectivity index (χ2n) is 15.6. The Hall–Kier alpha value is -2.97. The SMILES string of the molecule is CCCCCCCC/C=C\CCCCCCCC(=O)NCCCCC(NC(=O)CCCCCCC/C=C\CCCCCCCC)C(=O)ON1C(=O)CCC1=O. The van der Waals surface area contributed by atoms with Gasteiger partial charge in [0.05, 0.1) is 0 Å². The number of allylic oxidation sites excluding steroid dienone is 4. The van der Waals surface area contributed by atoms with Gasteiger partial charge in [-0.1, -0.05) is 141 Å². The first-order valence-corrected chi connectivity index (χ1v) is 22.8. The molecule has 1 rings (SSSR count). The first kappa shape index (κ1) is 50.0. The van der Waals surface area contributed by atoms with Crippen LogP contribution in [0.1, 0.15) is 226 Å². The lowest BCUT2D eigenvalue weighted by Gasteiger charge is -2.20. The van der Waals surface area contributed by atoms with Gasteiger partial charge in [0.15, 0.2) is 0 Å². The van der Waals surface area contributed by atoms with Crippen LogP contribution in [0.4, 0.5) is 0 Å². The lowest BCUT2D eigenvalue weighted by atomic mass is 10.1. The van der Waals surface area contributed by atoms with Crippen LogP contribution in [0.15, 0.2) is 24.3 Å². The molecule has 0 aromatic rings. The Labute approximate surface area is 336 Å². The summed E-state index contributed by atoms with van der Waals surface area (Å²) in [6.07, 6.45) is 42.7. The van der Waals surface area contributed by atoms with Gasteiger partial charge < -0.3 is 15.5 Å². The lowest BCUT2D eigenvalue weighted by molar-refractivity contribution is -0.199. The molecule has 1 fully saturated rings. The summed E-state index contributed by atoms with van der Waals surface area (Å²) in [5.74, 6) is -2.12. The highest BCUT2D eigenvalue weighted by Gasteiger charge is 2.35. The minimum atomic E-state index is -0.969. The van der Waals surface area contributed by atoms with Crippen LogP contribution in [-0.2, 0) is 28.8 Å². The number of unbranched alkanes of at least 4 members (excludes halogenated alkanes) is 23. The number of carbonyl (C=O) groups excluding carboxylic acids is 5. The van der Waals surface area contributed by atoms with Crippen LogP contribution < -0.4 is 10.6 Å². The summed E-state index contributed by atoms with van der Waals surface area (Å²) in [7, 11) is 0. The van der Waals surface area contributed by atoms with Crippen LogP contribution >= 0.6 is 0 Å². The van der Waals surface area contributed by atoms with Gasteiger partial charge in [-0.3, -0.25) is 19.2 Å². The van der Waals surface area contributed by atoms with Crippen LogP contribution in [0.25, 0.3) is 0 Å². The van der Waals surface area contributed by atoms with Crippen molar-refractivity contribution in [2.75, 3.05) is 6.54 Å². The Morgan fingerprint density at radius 3 is 1.40 bits per heavy atom. The van der Waals surface area contributed by atoms with E-state index in [1.54, 1.807) is 0 Å². The molecule has 0 bridgehead atoms. The predicted octanol–water partition coefficient (Wildman–Crippen LogP) is 11.4. The molecule has 4 amide bonds. The molecule has 1 saturated heterocycles. The molecule has 1 heterocycles. The van der Waals surface area contributed by atoms with E-state index in [0.29, 0.717) is 37.3 Å². The number of amides is 4. The Morgan fingerprint density at radius 2 is 0.945 bits per heavy atom. The maximum absolute atomic E-state index is 13.0. The van der Waals surface area contributed by atoms with E-state index in [9.17, 15) is 24.0 Å². The molecule has 55 heavy (non-hydrogen) atoms. The van der Waals surface area contributed by atoms with Crippen molar-refractivity contribution in [1.29, 1.82) is 0 Å². The average Bonchev–Trinajstić information content (AvgIpc) is 3.49. The Balaban J connectivity index is 2.21. The molecule has 0 aliphatic carbocycles. The fourth-order valence-electron chi connectivity index (χ4n) is 6.83. The highest BCUT2D eigenvalue weighted by Crippen LogP contribution is 2.16. The molecule has 1 atom stereocenters. The number of hydrogen-bond acceptors (Lipinski definition) is 6. The Kier molecular flexibility index (Phi) is 33.4. The molecular formula is C46H81N3O6. The van der Waals surface area contributed by atoms with E-state index in [0.717, 1.165) is 64.2 Å². The summed E-state index contributed by atoms with van der Waals surface area (Å²) in [5.41, 5.74) is 0. The second kappa shape index (κ2) is 36.7. The zero-order valence-electron chi connectivity index (χ0n) is 35.3. The fourth-order valence-corrected chi connectivity index (χ4v) is 6.83. The van der Waals surface area contributed by atoms with Gasteiger partial charge in [0.1, 0.15) is 6.04 Å². The highest BCUT2D eigenvalue weighted by molar-refractivity contribution is 6.02. The minimum absolute atomic E-state index is 0.00924. The summed E-state index contributed by atoms with van der Waals surface area (Å²) in [4.78, 5) is 67.3. The monoisotopic (exact) mass is 772 g/mol. The first-order valence-electron chi connectivity index (χ1n) is 22.8. The van der Waals surface area contributed by atoms with Crippen LogP contribution in [-0.4, -0.2) is 47.2 Å². The number of carbonyl (C=O) groups is 5. The number of rotatable bonds is 38. The van der Waals surface area contributed by atoms with E-state index in [-0.39, 0.29) is 31.1 Å². The van der Waals surface area contributed by atoms with E-state index in [1.807, 2.05) is 0 Å². The van der Waals surface area contributed by atoms with Crippen molar-refractivity contribution in [3.05, 3.63) is 24.3 Å². The van der Waals surface area contributed by atoms with Crippen molar-refractivity contribution in [2.45, 2.75) is 232 Å². The van der Waals surface area contributed by atoms with E-state index in [2.05, 4.69) is 48.8 Å². The molecule has 316 valence electrons. The molecule has 9 nitrogen and oxygen atoms in total. The third-order valence-electron chi connectivity index (χ3n) is 10.4. The van der Waals surface area contributed by atoms with Gasteiger partial charge >= 0.3 is 5.97 Å². The zero-order chi connectivity index (χ0) is 40.0. The van der Waals surface area contributed by atoms with Gasteiger partial charge in [0, 0.05) is 32.2 Å². The summed E-state index contributed by atoms with van der Waals surface area (Å²) in [5, 5.41) is 6.27. The van der Waals surface area contributed by atoms with Crippen molar-refractivity contribution in [2.24, 2.45) is 0 Å². The number of nitrogens with one attached hydrogen (secondary N) is 2. The van der Waals surface area contributed by atoms with Crippen LogP contribution in [0.5, 0.6) is 0 Å². The van der Waals surface area contributed by atoms with Gasteiger partial charge in [0.2, 0.25) is 11.8 Å². The van der Waals surface area contributed by atoms with E-state index in [1.165, 1.54) is 103 Å². The summed E-state index contributed by atoms with van der Waals surface area (Å²) >= 11 is 0. The van der Waals surface area contributed by atoms with E-state index in [4.69, 9.17) is 4.84 Å². The fraction of sp³-hybridized carbons (Fsp3) is 0.804. The molecule has 0 aromatic carbocycles. The van der Waals surface area contributed by atoms with Gasteiger partial charge in [0.25, 0.3) is 11.8 Å². The number of hydrogen-bond donors (Lipinski definition) is 2. The topological polar surface area (TPSA) is 122 Å². The molecule has 1 aliphatic heterocycles. The third-order valence-corrected chi connectivity index (χ3v) is 10.4. The lowest BCUT2D eigenvalue weighted by Crippen LogP contribution is -2.45. The predicted molar refractivity (Wildman–Crippen MR) is 225 cm³/mol. The summed E-state index contributed by atoms with van der Waals surface area (Å²) in [6.45, 7) is 4.99. The van der Waals surface area contributed by atoms with Gasteiger partial charge in [-0.2, -0.15) is 0 Å². The first-order chi connectivity index (χ1) is 26.9. The van der Waals surface area contributed by atoms with E-state index >= 15 is 0 Å². The third kappa shape index (κ3) is 29.9. The quantitative estimate of drug-likeness (QED) is 0.0366. The maximum atomic E-state index is 13.0. The number of hydroxylamine groups is 2. The average molecular weight is 772 g/mol. The standard InChI is InChI=1S/C46H81N3O6/c1-3-5-7-9-11-13-15-17-19-21-23-25-27-29-31-36-42(50)47-40-34-33-35-41(46(54)55-49-44(52)38-39-45(49)53)48-43(51)37-32-30-28-26-24-22-20-18-16-14-12-10-8-6-4-2/h17-20,41H,3-16,21-40H2,1-2H3,(H,47,50)(H,48,51)/b19-17-,20-18-. The molecule has 0 aromatic heterocycles. The zero-order valence-corrected chi connectivity index (χ0v) is 35.3. The molecule has 0 spiro atoms. The number of nitrogens with zero attached hydrogens (tertiary/aromatic N) is 1. The number of imide groups is 1. The van der Waals surface area contributed by atoms with Crippen LogP contribution in [0.2, 0.25) is 0 Å². The summed E-state index contributed by atoms with van der Waals surface area (Å²) < 4.78 is 0.